The van der Waals surface area contributed by atoms with E-state index in [9.17, 15) is 27.9 Å². The molecule has 24 heavy (non-hydrogen) atoms. The first-order chi connectivity index (χ1) is 11.1. The second-order valence-electron chi connectivity index (χ2n) is 6.14. The van der Waals surface area contributed by atoms with Crippen molar-refractivity contribution < 1.29 is 37.7 Å². The Morgan fingerprint density at radius 1 is 1.29 bits per heavy atom. The molecule has 5 atom stereocenters. The summed E-state index contributed by atoms with van der Waals surface area (Å²) in [4.78, 5) is 22.5. The molecular formula is C15H14F3NO5. The number of rotatable bonds is 5. The summed E-state index contributed by atoms with van der Waals surface area (Å²) in [5.41, 5.74) is 0.690. The van der Waals surface area contributed by atoms with E-state index in [0.29, 0.717) is 0 Å². The molecule has 4 N–H and O–H groups in total. The van der Waals surface area contributed by atoms with Gasteiger partial charge in [-0.1, -0.05) is 12.1 Å². The van der Waals surface area contributed by atoms with Crippen molar-refractivity contribution in [3.63, 3.8) is 0 Å². The molecule has 3 rings (SSSR count). The molecule has 6 nitrogen and oxygen atoms in total. The van der Waals surface area contributed by atoms with Gasteiger partial charge in [-0.05, 0) is 12.5 Å². The first-order valence-corrected chi connectivity index (χ1v) is 7.14. The van der Waals surface area contributed by atoms with Crippen molar-refractivity contribution in [2.75, 3.05) is 0 Å². The van der Waals surface area contributed by atoms with Gasteiger partial charge in [-0.2, -0.15) is 0 Å². The minimum Gasteiger partial charge on any atom is -0.480 e. The summed E-state index contributed by atoms with van der Waals surface area (Å²) in [5, 5.41) is 18.3. The first-order valence-electron chi connectivity index (χ1n) is 7.14. The van der Waals surface area contributed by atoms with Gasteiger partial charge in [0.05, 0.1) is 12.7 Å². The van der Waals surface area contributed by atoms with Crippen molar-refractivity contribution >= 4 is 11.9 Å². The molecule has 2 aliphatic rings. The minimum atomic E-state index is -2.70. The van der Waals surface area contributed by atoms with E-state index >= 15 is 0 Å². The largest absolute Gasteiger partial charge is 0.480 e. The molecular weight excluding hydrogens is 331 g/mol. The Kier molecular flexibility index (Phi) is 3.61. The van der Waals surface area contributed by atoms with Crippen LogP contribution in [0.2, 0.25) is 0 Å². The van der Waals surface area contributed by atoms with Crippen LogP contribution in [0, 0.1) is 23.5 Å². The van der Waals surface area contributed by atoms with Gasteiger partial charge in [0.1, 0.15) is 5.54 Å². The number of ether oxygens (including phenoxy) is 1. The molecule has 0 heterocycles. The fraction of sp³-hybridized carbons (Fsp3) is 0.467. The average Bonchev–Trinajstić information content (AvgIpc) is 2.98. The lowest BCUT2D eigenvalue weighted by atomic mass is 9.88. The quantitative estimate of drug-likeness (QED) is 0.736. The van der Waals surface area contributed by atoms with Crippen molar-refractivity contribution in [3.05, 3.63) is 35.4 Å². The van der Waals surface area contributed by atoms with E-state index in [1.165, 1.54) is 12.1 Å². The second kappa shape index (κ2) is 5.18. The van der Waals surface area contributed by atoms with Crippen LogP contribution in [0.4, 0.5) is 13.2 Å². The summed E-state index contributed by atoms with van der Waals surface area (Å²) in [5.74, 6) is -8.09. The topological polar surface area (TPSA) is 110 Å². The first kappa shape index (κ1) is 16.7. The predicted octanol–water partition coefficient (Wildman–Crippen LogP) is 1.07. The van der Waals surface area contributed by atoms with Gasteiger partial charge in [-0.3, -0.25) is 4.79 Å². The molecule has 0 unspecified atom stereocenters. The van der Waals surface area contributed by atoms with Gasteiger partial charge in [0, 0.05) is 17.4 Å². The van der Waals surface area contributed by atoms with Gasteiger partial charge in [-0.25, -0.2) is 18.0 Å². The summed E-state index contributed by atoms with van der Waals surface area (Å²) in [6.07, 6.45) is -1.44. The zero-order valence-electron chi connectivity index (χ0n) is 12.2. The van der Waals surface area contributed by atoms with Gasteiger partial charge in [0.2, 0.25) is 5.67 Å². The molecule has 1 aromatic rings. The van der Waals surface area contributed by atoms with Crippen LogP contribution in [0.3, 0.4) is 0 Å². The third kappa shape index (κ3) is 2.04. The standard InChI is InChI=1S/C15H14F3NO5/c16-8-3-1-2-6(10(8)17)5-24-9-4-7-11(14(7,18)12(20)21)15(9,19)13(22)23/h1-3,7,9,11H,4-5,19H2,(H,20,21)(H,22,23)/t7-,9-,11+,14-,15+/m1/s1. The number of aliphatic carboxylic acids is 2. The average molecular weight is 345 g/mol. The third-order valence-corrected chi connectivity index (χ3v) is 4.97. The second-order valence-corrected chi connectivity index (χ2v) is 6.14. The Bertz CT molecular complexity index is 729. The highest BCUT2D eigenvalue weighted by atomic mass is 19.2. The molecule has 130 valence electrons. The van der Waals surface area contributed by atoms with E-state index in [2.05, 4.69) is 0 Å². The van der Waals surface area contributed by atoms with Gasteiger partial charge in [0.25, 0.3) is 0 Å². The van der Waals surface area contributed by atoms with Crippen LogP contribution in [0.5, 0.6) is 0 Å². The molecule has 2 aliphatic carbocycles. The number of carbonyl (C=O) groups is 2. The number of benzene rings is 1. The number of carboxylic acid groups (broad SMARTS) is 2. The number of alkyl halides is 1. The molecule has 2 fully saturated rings. The zero-order chi connectivity index (χ0) is 17.9. The number of carboxylic acids is 2. The number of halogens is 3. The van der Waals surface area contributed by atoms with Crippen LogP contribution >= 0.6 is 0 Å². The number of hydrogen-bond donors (Lipinski definition) is 3. The van der Waals surface area contributed by atoms with Crippen molar-refractivity contribution in [1.82, 2.24) is 0 Å². The fourth-order valence-electron chi connectivity index (χ4n) is 3.66. The molecule has 9 heteroatoms. The maximum atomic E-state index is 14.3. The molecule has 0 amide bonds. The maximum absolute atomic E-state index is 14.3. The number of fused-ring (bicyclic) bond motifs is 1. The number of hydrogen-bond acceptors (Lipinski definition) is 4. The molecule has 0 saturated heterocycles. The Balaban J connectivity index is 1.79. The Labute approximate surface area is 134 Å². The lowest BCUT2D eigenvalue weighted by molar-refractivity contribution is -0.156. The van der Waals surface area contributed by atoms with Crippen molar-refractivity contribution in [2.24, 2.45) is 17.6 Å². The zero-order valence-corrected chi connectivity index (χ0v) is 12.2. The molecule has 2 saturated carbocycles. The van der Waals surface area contributed by atoms with Gasteiger partial charge < -0.3 is 20.7 Å². The summed E-state index contributed by atoms with van der Waals surface area (Å²) in [6, 6.07) is 3.43. The Hall–Kier alpha value is -2.13. The lowest BCUT2D eigenvalue weighted by Gasteiger charge is -2.31. The highest BCUT2D eigenvalue weighted by Gasteiger charge is 2.85. The van der Waals surface area contributed by atoms with Crippen LogP contribution in [0.25, 0.3) is 0 Å². The fourth-order valence-corrected chi connectivity index (χ4v) is 3.66. The van der Waals surface area contributed by atoms with E-state index in [0.717, 1.165) is 6.07 Å². The monoisotopic (exact) mass is 345 g/mol. The summed E-state index contributed by atoms with van der Waals surface area (Å²) in [6.45, 7) is -0.466. The smallest absolute Gasteiger partial charge is 0.342 e. The summed E-state index contributed by atoms with van der Waals surface area (Å²) in [7, 11) is 0. The Morgan fingerprint density at radius 3 is 2.54 bits per heavy atom. The molecule has 0 bridgehead atoms. The molecule has 0 spiro atoms. The Morgan fingerprint density at radius 2 is 1.96 bits per heavy atom. The van der Waals surface area contributed by atoms with Gasteiger partial charge in [-0.15, -0.1) is 0 Å². The SMILES string of the molecule is N[C@]1(C(=O)O)[C@H]2[C@@H](C[C@H]1OCc1cccc(F)c1F)[C@]2(F)C(=O)O. The van der Waals surface area contributed by atoms with E-state index < -0.39 is 59.3 Å². The van der Waals surface area contributed by atoms with Crippen LogP contribution < -0.4 is 5.73 Å². The van der Waals surface area contributed by atoms with E-state index in [4.69, 9.17) is 15.6 Å². The predicted molar refractivity (Wildman–Crippen MR) is 72.6 cm³/mol. The lowest BCUT2D eigenvalue weighted by Crippen LogP contribution is -2.60. The van der Waals surface area contributed by atoms with Gasteiger partial charge in [0.15, 0.2) is 11.6 Å². The maximum Gasteiger partial charge on any atom is 0.342 e. The third-order valence-electron chi connectivity index (χ3n) is 4.97. The summed E-state index contributed by atoms with van der Waals surface area (Å²) >= 11 is 0. The van der Waals surface area contributed by atoms with Crippen molar-refractivity contribution in [2.45, 2.75) is 30.3 Å². The van der Waals surface area contributed by atoms with Crippen molar-refractivity contribution in [1.29, 1.82) is 0 Å². The van der Waals surface area contributed by atoms with Crippen molar-refractivity contribution in [3.8, 4) is 0 Å². The molecule has 0 radical (unpaired) electrons. The normalized spacial score (nSPS) is 37.1. The van der Waals surface area contributed by atoms with E-state index in [1.54, 1.807) is 0 Å². The van der Waals surface area contributed by atoms with Crippen LogP contribution in [-0.2, 0) is 20.9 Å². The van der Waals surface area contributed by atoms with Crippen LogP contribution in [0.1, 0.15) is 12.0 Å². The summed E-state index contributed by atoms with van der Waals surface area (Å²) < 4.78 is 46.4. The molecule has 0 aromatic heterocycles. The van der Waals surface area contributed by atoms with E-state index in [-0.39, 0.29) is 12.0 Å². The molecule has 1 aromatic carbocycles. The van der Waals surface area contributed by atoms with Crippen LogP contribution in [-0.4, -0.2) is 39.5 Å². The van der Waals surface area contributed by atoms with Crippen LogP contribution in [0.15, 0.2) is 18.2 Å². The molecule has 0 aliphatic heterocycles. The van der Waals surface area contributed by atoms with Gasteiger partial charge >= 0.3 is 11.9 Å². The highest BCUT2D eigenvalue weighted by molar-refractivity contribution is 5.90. The minimum absolute atomic E-state index is 0.145. The van der Waals surface area contributed by atoms with E-state index in [1.807, 2.05) is 0 Å². The number of nitrogens with two attached hydrogens (primary N) is 1. The highest BCUT2D eigenvalue weighted by Crippen LogP contribution is 2.67.